The molecule has 0 heterocycles. The fraction of sp³-hybridized carbons (Fsp3) is 0.833. The number of ether oxygens (including phenoxy) is 4. The summed E-state index contributed by atoms with van der Waals surface area (Å²) in [5.41, 5.74) is 0. The Hall–Kier alpha value is -1.14. The first-order chi connectivity index (χ1) is 8.58. The van der Waals surface area contributed by atoms with Crippen LogP contribution in [0, 0.1) is 0 Å². The molecule has 0 aliphatic heterocycles. The second kappa shape index (κ2) is 8.05. The van der Waals surface area contributed by atoms with Gasteiger partial charge in [-0.1, -0.05) is 0 Å². The van der Waals surface area contributed by atoms with E-state index in [1.165, 1.54) is 13.8 Å². The minimum atomic E-state index is -0.339. The number of hydrogen-bond donors (Lipinski definition) is 0. The molecule has 0 radical (unpaired) electrons. The summed E-state index contributed by atoms with van der Waals surface area (Å²) >= 11 is 0. The van der Waals surface area contributed by atoms with Crippen LogP contribution in [0.4, 0.5) is 0 Å². The third kappa shape index (κ3) is 6.56. The highest BCUT2D eigenvalue weighted by Crippen LogP contribution is 2.23. The summed E-state index contributed by atoms with van der Waals surface area (Å²) in [5.74, 6) is -0.679. The average molecular weight is 260 g/mol. The Kier molecular flexibility index (Phi) is 6.67. The van der Waals surface area contributed by atoms with Crippen LogP contribution in [0.3, 0.4) is 0 Å². The quantitative estimate of drug-likeness (QED) is 0.530. The molecule has 1 aliphatic rings. The van der Waals surface area contributed by atoms with E-state index in [-0.39, 0.29) is 37.7 Å². The van der Waals surface area contributed by atoms with Crippen molar-refractivity contribution in [2.75, 3.05) is 13.6 Å². The lowest BCUT2D eigenvalue weighted by atomic mass is 9.95. The van der Waals surface area contributed by atoms with Gasteiger partial charge in [-0.25, -0.2) is 0 Å². The highest BCUT2D eigenvalue weighted by atomic mass is 16.7. The van der Waals surface area contributed by atoms with E-state index in [0.717, 1.165) is 25.7 Å². The monoisotopic (exact) mass is 260 g/mol. The third-order valence-electron chi connectivity index (χ3n) is 2.75. The first kappa shape index (κ1) is 14.9. The van der Waals surface area contributed by atoms with Gasteiger partial charge in [0.15, 0.2) is 13.6 Å². The van der Waals surface area contributed by atoms with E-state index in [1.807, 2.05) is 0 Å². The molecule has 0 aromatic carbocycles. The van der Waals surface area contributed by atoms with Crippen molar-refractivity contribution in [3.63, 3.8) is 0 Å². The van der Waals surface area contributed by atoms with Crippen molar-refractivity contribution < 1.29 is 28.5 Å². The van der Waals surface area contributed by atoms with E-state index in [1.54, 1.807) is 0 Å². The topological polar surface area (TPSA) is 71.1 Å². The summed E-state index contributed by atoms with van der Waals surface area (Å²) in [5, 5.41) is 0. The lowest BCUT2D eigenvalue weighted by molar-refractivity contribution is -0.168. The minimum absolute atomic E-state index is 0.0129. The van der Waals surface area contributed by atoms with Crippen molar-refractivity contribution >= 4 is 11.9 Å². The summed E-state index contributed by atoms with van der Waals surface area (Å²) < 4.78 is 20.2. The number of esters is 2. The molecule has 1 saturated carbocycles. The Morgan fingerprint density at radius 2 is 1.17 bits per heavy atom. The number of rotatable bonds is 6. The zero-order valence-corrected chi connectivity index (χ0v) is 10.8. The molecule has 1 fully saturated rings. The molecule has 0 aromatic rings. The molecule has 0 bridgehead atoms. The van der Waals surface area contributed by atoms with E-state index < -0.39 is 0 Å². The van der Waals surface area contributed by atoms with Gasteiger partial charge in [-0.15, -0.1) is 0 Å². The molecule has 1 aliphatic carbocycles. The molecule has 0 N–H and O–H groups in total. The number of hydrogen-bond acceptors (Lipinski definition) is 6. The normalized spacial score (nSPS) is 23.4. The van der Waals surface area contributed by atoms with Gasteiger partial charge in [-0.3, -0.25) is 9.59 Å². The molecule has 0 aromatic heterocycles. The Morgan fingerprint density at radius 1 is 0.833 bits per heavy atom. The van der Waals surface area contributed by atoms with Gasteiger partial charge in [-0.2, -0.15) is 0 Å². The molecule has 0 unspecified atom stereocenters. The molecule has 6 heteroatoms. The first-order valence-corrected chi connectivity index (χ1v) is 6.08. The van der Waals surface area contributed by atoms with Gasteiger partial charge in [-0.05, 0) is 25.7 Å². The third-order valence-corrected chi connectivity index (χ3v) is 2.75. The van der Waals surface area contributed by atoms with Gasteiger partial charge in [0.2, 0.25) is 0 Å². The summed E-state index contributed by atoms with van der Waals surface area (Å²) in [6, 6.07) is 0. The molecule has 0 atom stereocenters. The van der Waals surface area contributed by atoms with Crippen molar-refractivity contribution in [3.05, 3.63) is 0 Å². The van der Waals surface area contributed by atoms with Crippen LogP contribution in [-0.2, 0) is 28.5 Å². The average Bonchev–Trinajstić information content (AvgIpc) is 2.30. The zero-order valence-electron chi connectivity index (χ0n) is 10.8. The van der Waals surface area contributed by atoms with Crippen LogP contribution in [-0.4, -0.2) is 37.7 Å². The SMILES string of the molecule is CC(=O)OCOC1CCC(OCOC(C)=O)CC1. The van der Waals surface area contributed by atoms with Gasteiger partial charge in [0, 0.05) is 13.8 Å². The van der Waals surface area contributed by atoms with Gasteiger partial charge in [0.05, 0.1) is 12.2 Å². The Labute approximate surface area is 107 Å². The molecule has 0 amide bonds. The lowest BCUT2D eigenvalue weighted by Gasteiger charge is -2.28. The van der Waals surface area contributed by atoms with Gasteiger partial charge in [0.1, 0.15) is 0 Å². The van der Waals surface area contributed by atoms with Crippen LogP contribution in [0.5, 0.6) is 0 Å². The Bertz CT molecular complexity index is 242. The predicted molar refractivity (Wildman–Crippen MR) is 61.5 cm³/mol. The van der Waals surface area contributed by atoms with Crippen LogP contribution in [0.1, 0.15) is 39.5 Å². The van der Waals surface area contributed by atoms with Crippen LogP contribution in [0.15, 0.2) is 0 Å². The highest BCUT2D eigenvalue weighted by molar-refractivity contribution is 5.66. The van der Waals surface area contributed by atoms with Gasteiger partial charge in [0.25, 0.3) is 0 Å². The fourth-order valence-electron chi connectivity index (χ4n) is 1.79. The molecule has 104 valence electrons. The van der Waals surface area contributed by atoms with E-state index in [4.69, 9.17) is 18.9 Å². The van der Waals surface area contributed by atoms with E-state index in [9.17, 15) is 9.59 Å². The van der Waals surface area contributed by atoms with Gasteiger partial charge >= 0.3 is 11.9 Å². The second-order valence-electron chi connectivity index (χ2n) is 4.24. The molecular weight excluding hydrogens is 240 g/mol. The van der Waals surface area contributed by atoms with Crippen molar-refractivity contribution in [2.45, 2.75) is 51.7 Å². The van der Waals surface area contributed by atoms with E-state index in [0.29, 0.717) is 0 Å². The van der Waals surface area contributed by atoms with Crippen LogP contribution in [0.25, 0.3) is 0 Å². The first-order valence-electron chi connectivity index (χ1n) is 6.08. The standard InChI is InChI=1S/C12H20O6/c1-9(13)15-7-17-11-3-5-12(6-4-11)18-8-16-10(2)14/h11-12H,3-8H2,1-2H3. The summed E-state index contributed by atoms with van der Waals surface area (Å²) in [7, 11) is 0. The summed E-state index contributed by atoms with van der Waals surface area (Å²) in [6.07, 6.45) is 3.63. The van der Waals surface area contributed by atoms with Crippen LogP contribution in [0.2, 0.25) is 0 Å². The smallest absolute Gasteiger partial charge is 0.304 e. The number of carbonyl (C=O) groups excluding carboxylic acids is 2. The number of carbonyl (C=O) groups is 2. The molecule has 0 spiro atoms. The van der Waals surface area contributed by atoms with Gasteiger partial charge < -0.3 is 18.9 Å². The molecule has 1 rings (SSSR count). The Morgan fingerprint density at radius 3 is 1.44 bits per heavy atom. The second-order valence-corrected chi connectivity index (χ2v) is 4.24. The summed E-state index contributed by atoms with van der Waals surface area (Å²) in [4.78, 5) is 21.1. The molecule has 0 saturated heterocycles. The lowest BCUT2D eigenvalue weighted by Crippen LogP contribution is -2.28. The maximum atomic E-state index is 10.5. The largest absolute Gasteiger partial charge is 0.439 e. The van der Waals surface area contributed by atoms with Crippen molar-refractivity contribution in [1.29, 1.82) is 0 Å². The minimum Gasteiger partial charge on any atom is -0.439 e. The van der Waals surface area contributed by atoms with E-state index in [2.05, 4.69) is 0 Å². The van der Waals surface area contributed by atoms with Crippen LogP contribution >= 0.6 is 0 Å². The van der Waals surface area contributed by atoms with Crippen molar-refractivity contribution in [1.82, 2.24) is 0 Å². The van der Waals surface area contributed by atoms with E-state index >= 15 is 0 Å². The molecule has 18 heavy (non-hydrogen) atoms. The summed E-state index contributed by atoms with van der Waals surface area (Å²) in [6.45, 7) is 2.73. The maximum absolute atomic E-state index is 10.5. The zero-order chi connectivity index (χ0) is 13.4. The molecule has 6 nitrogen and oxygen atoms in total. The maximum Gasteiger partial charge on any atom is 0.304 e. The predicted octanol–water partition coefficient (Wildman–Crippen LogP) is 1.37. The Balaban J connectivity index is 2.05. The van der Waals surface area contributed by atoms with Crippen LogP contribution < -0.4 is 0 Å². The molecular formula is C12H20O6. The van der Waals surface area contributed by atoms with Crippen molar-refractivity contribution in [2.24, 2.45) is 0 Å². The highest BCUT2D eigenvalue weighted by Gasteiger charge is 2.22. The fourth-order valence-corrected chi connectivity index (χ4v) is 1.79. The van der Waals surface area contributed by atoms with Crippen molar-refractivity contribution in [3.8, 4) is 0 Å².